The molecule has 3 aromatic heterocycles. The molecule has 0 aliphatic heterocycles. The van der Waals surface area contributed by atoms with E-state index < -0.39 is 0 Å². The number of hydrogen-bond acceptors (Lipinski definition) is 4. The maximum Gasteiger partial charge on any atom is 0.263 e. The fourth-order valence-corrected chi connectivity index (χ4v) is 5.61. The second-order valence-corrected chi connectivity index (χ2v) is 9.66. The second-order valence-electron chi connectivity index (χ2n) is 9.66. The van der Waals surface area contributed by atoms with Gasteiger partial charge in [-0.2, -0.15) is 0 Å². The van der Waals surface area contributed by atoms with E-state index in [9.17, 15) is 4.79 Å². The fraction of sp³-hybridized carbons (Fsp3) is 0. The number of fused-ring (bicyclic) bond motifs is 5. The van der Waals surface area contributed by atoms with Crippen molar-refractivity contribution in [1.29, 1.82) is 0 Å². The summed E-state index contributed by atoms with van der Waals surface area (Å²) >= 11 is 0. The molecule has 0 bridgehead atoms. The van der Waals surface area contributed by atoms with Gasteiger partial charge in [-0.05, 0) is 29.7 Å². The van der Waals surface area contributed by atoms with Crippen LogP contribution >= 0.6 is 0 Å². The number of para-hydroxylation sites is 1. The molecule has 8 rings (SSSR count). The molecular weight excluding hydrogens is 480 g/mol. The number of rotatable bonds is 3. The summed E-state index contributed by atoms with van der Waals surface area (Å²) in [6.45, 7) is 0. The zero-order valence-electron chi connectivity index (χ0n) is 20.7. The molecule has 3 heterocycles. The summed E-state index contributed by atoms with van der Waals surface area (Å²) in [7, 11) is 0. The molecule has 5 heteroatoms. The van der Waals surface area contributed by atoms with Crippen LogP contribution in [0.2, 0.25) is 0 Å². The summed E-state index contributed by atoms with van der Waals surface area (Å²) < 4.78 is 1.85. The Bertz CT molecular complexity index is 2180. The first-order chi connectivity index (χ1) is 19.3. The maximum atomic E-state index is 13.7. The molecule has 39 heavy (non-hydrogen) atoms. The molecule has 0 saturated heterocycles. The first kappa shape index (κ1) is 21.6. The van der Waals surface area contributed by atoms with Crippen LogP contribution in [0.4, 0.5) is 0 Å². The quantitative estimate of drug-likeness (QED) is 0.237. The topological polar surface area (TPSA) is 60.2 Å². The predicted octanol–water partition coefficient (Wildman–Crippen LogP) is 7.38. The monoisotopic (exact) mass is 500 g/mol. The minimum Gasteiger partial charge on any atom is -0.275 e. The van der Waals surface area contributed by atoms with Gasteiger partial charge in [-0.1, -0.05) is 97.1 Å². The van der Waals surface area contributed by atoms with E-state index in [1.807, 2.05) is 108 Å². The predicted molar refractivity (Wildman–Crippen MR) is 157 cm³/mol. The fourth-order valence-electron chi connectivity index (χ4n) is 5.61. The van der Waals surface area contributed by atoms with E-state index in [1.165, 1.54) is 0 Å². The summed E-state index contributed by atoms with van der Waals surface area (Å²) in [4.78, 5) is 28.4. The van der Waals surface area contributed by atoms with Gasteiger partial charge in [0.1, 0.15) is 0 Å². The molecule has 8 aromatic rings. The molecule has 5 nitrogen and oxygen atoms in total. The van der Waals surface area contributed by atoms with Crippen molar-refractivity contribution in [2.24, 2.45) is 0 Å². The first-order valence-corrected chi connectivity index (χ1v) is 12.8. The average Bonchev–Trinajstić information content (AvgIpc) is 3.35. The molecule has 0 aliphatic rings. The number of hydrogen-bond donors (Lipinski definition) is 0. The summed E-state index contributed by atoms with van der Waals surface area (Å²) in [5.74, 6) is 1.82. The van der Waals surface area contributed by atoms with E-state index in [4.69, 9.17) is 15.0 Å². The molecule has 0 unspecified atom stereocenters. The summed E-state index contributed by atoms with van der Waals surface area (Å²) in [6, 6.07) is 40.1. The third kappa shape index (κ3) is 3.27. The highest BCUT2D eigenvalue weighted by atomic mass is 16.1. The Morgan fingerprint density at radius 3 is 1.51 bits per heavy atom. The van der Waals surface area contributed by atoms with Gasteiger partial charge in [-0.25, -0.2) is 15.0 Å². The van der Waals surface area contributed by atoms with Crippen LogP contribution in [0, 0.1) is 0 Å². The van der Waals surface area contributed by atoms with Crippen LogP contribution in [0.5, 0.6) is 0 Å². The Balaban J connectivity index is 1.50. The average molecular weight is 501 g/mol. The molecule has 0 spiro atoms. The Hall–Kier alpha value is -5.42. The van der Waals surface area contributed by atoms with Crippen molar-refractivity contribution in [3.05, 3.63) is 132 Å². The van der Waals surface area contributed by atoms with Crippen molar-refractivity contribution >= 4 is 38.0 Å². The van der Waals surface area contributed by atoms with E-state index in [-0.39, 0.29) is 5.56 Å². The molecule has 0 N–H and O–H groups in total. The van der Waals surface area contributed by atoms with Gasteiger partial charge in [0.2, 0.25) is 0 Å². The molecule has 0 aliphatic carbocycles. The zero-order valence-corrected chi connectivity index (χ0v) is 20.7. The lowest BCUT2D eigenvalue weighted by Gasteiger charge is -2.11. The van der Waals surface area contributed by atoms with Gasteiger partial charge in [-0.15, -0.1) is 0 Å². The molecule has 0 saturated carbocycles. The van der Waals surface area contributed by atoms with Crippen LogP contribution < -0.4 is 5.56 Å². The molecule has 0 radical (unpaired) electrons. The third-order valence-corrected chi connectivity index (χ3v) is 7.38. The molecule has 5 aromatic carbocycles. The van der Waals surface area contributed by atoms with Crippen LogP contribution in [-0.4, -0.2) is 19.4 Å². The van der Waals surface area contributed by atoms with Crippen molar-refractivity contribution < 1.29 is 0 Å². The lowest BCUT2D eigenvalue weighted by Crippen LogP contribution is -2.12. The molecule has 0 fully saturated rings. The van der Waals surface area contributed by atoms with E-state index in [1.54, 1.807) is 0 Å². The summed E-state index contributed by atoms with van der Waals surface area (Å²) in [6.07, 6.45) is 0. The van der Waals surface area contributed by atoms with Crippen LogP contribution in [-0.2, 0) is 0 Å². The molecular formula is C34H20N4O. The Morgan fingerprint density at radius 2 is 0.897 bits per heavy atom. The highest BCUT2D eigenvalue weighted by molar-refractivity contribution is 6.21. The number of benzene rings is 5. The number of pyridine rings is 1. The largest absolute Gasteiger partial charge is 0.275 e. The summed E-state index contributed by atoms with van der Waals surface area (Å²) in [5, 5.41) is 4.64. The zero-order chi connectivity index (χ0) is 25.9. The van der Waals surface area contributed by atoms with Crippen molar-refractivity contribution in [2.75, 3.05) is 0 Å². The normalized spacial score (nSPS) is 11.7. The molecule has 0 atom stereocenters. The maximum absolute atomic E-state index is 13.7. The van der Waals surface area contributed by atoms with E-state index in [0.29, 0.717) is 22.9 Å². The van der Waals surface area contributed by atoms with Gasteiger partial charge in [-0.3, -0.25) is 9.20 Å². The van der Waals surface area contributed by atoms with Crippen molar-refractivity contribution in [1.82, 2.24) is 19.4 Å². The number of aromatic nitrogens is 4. The Morgan fingerprint density at radius 1 is 0.436 bits per heavy atom. The molecule has 182 valence electrons. The SMILES string of the molecule is O=c1c2ccccc2c2cc(-c3nc(-c4ccccc4)nc(-c4ccccc4)n3)cc3c4ccccc4n1c23. The minimum atomic E-state index is -0.00469. The standard InChI is InChI=1S/C34H20N4O/c39-34-26-17-8-7-15-24(26)27-19-23(20-28-25-16-9-10-18-29(25)38(34)30(27)28)33-36-31(21-11-3-1-4-12-21)35-32(37-33)22-13-5-2-6-14-22/h1-20H. The van der Waals surface area contributed by atoms with E-state index in [0.717, 1.165) is 49.3 Å². The second kappa shape index (κ2) is 8.30. The van der Waals surface area contributed by atoms with Gasteiger partial charge in [0.25, 0.3) is 5.56 Å². The van der Waals surface area contributed by atoms with E-state index in [2.05, 4.69) is 18.2 Å². The van der Waals surface area contributed by atoms with Gasteiger partial charge < -0.3 is 0 Å². The Labute approximate surface area is 223 Å². The molecule has 0 amide bonds. The van der Waals surface area contributed by atoms with Crippen LogP contribution in [0.15, 0.2) is 126 Å². The lowest BCUT2D eigenvalue weighted by molar-refractivity contribution is 1.07. The van der Waals surface area contributed by atoms with Crippen molar-refractivity contribution in [3.63, 3.8) is 0 Å². The highest BCUT2D eigenvalue weighted by Gasteiger charge is 2.20. The van der Waals surface area contributed by atoms with Crippen molar-refractivity contribution in [2.45, 2.75) is 0 Å². The summed E-state index contributed by atoms with van der Waals surface area (Å²) in [5.41, 5.74) is 4.54. The van der Waals surface area contributed by atoms with Gasteiger partial charge in [0.15, 0.2) is 17.5 Å². The smallest absolute Gasteiger partial charge is 0.263 e. The lowest BCUT2D eigenvalue weighted by atomic mass is 10.0. The van der Waals surface area contributed by atoms with Crippen LogP contribution in [0.25, 0.3) is 72.1 Å². The van der Waals surface area contributed by atoms with Crippen LogP contribution in [0.1, 0.15) is 0 Å². The van der Waals surface area contributed by atoms with Crippen LogP contribution in [0.3, 0.4) is 0 Å². The van der Waals surface area contributed by atoms with Crippen molar-refractivity contribution in [3.8, 4) is 34.2 Å². The third-order valence-electron chi connectivity index (χ3n) is 7.38. The minimum absolute atomic E-state index is 0.00469. The van der Waals surface area contributed by atoms with E-state index >= 15 is 0 Å². The van der Waals surface area contributed by atoms with Gasteiger partial charge in [0, 0.05) is 38.2 Å². The first-order valence-electron chi connectivity index (χ1n) is 12.8. The van der Waals surface area contributed by atoms with Gasteiger partial charge in [0.05, 0.1) is 11.0 Å². The highest BCUT2D eigenvalue weighted by Crippen LogP contribution is 2.37. The number of nitrogens with zero attached hydrogens (tertiary/aromatic N) is 4. The Kier molecular flexibility index (Phi) is 4.60. The van der Waals surface area contributed by atoms with Gasteiger partial charge >= 0.3 is 0 Å².